The Labute approximate surface area is 112 Å². The summed E-state index contributed by atoms with van der Waals surface area (Å²) in [6, 6.07) is 8.14. The number of para-hydroxylation sites is 1. The molecule has 0 amide bonds. The quantitative estimate of drug-likeness (QED) is 0.718. The van der Waals surface area contributed by atoms with Gasteiger partial charge in [-0.25, -0.2) is 0 Å². The van der Waals surface area contributed by atoms with E-state index in [1.165, 1.54) is 10.9 Å². The van der Waals surface area contributed by atoms with E-state index in [9.17, 15) is 0 Å². The third-order valence-corrected chi connectivity index (χ3v) is 3.69. The van der Waals surface area contributed by atoms with Gasteiger partial charge in [-0.1, -0.05) is 25.1 Å². The van der Waals surface area contributed by atoms with Gasteiger partial charge in [-0.05, 0) is 35.1 Å². The molecule has 0 aliphatic heterocycles. The van der Waals surface area contributed by atoms with E-state index in [4.69, 9.17) is 4.42 Å². The van der Waals surface area contributed by atoms with Gasteiger partial charge in [0.05, 0.1) is 9.77 Å². The Kier molecular flexibility index (Phi) is 2.66. The topological polar surface area (TPSA) is 41.8 Å². The van der Waals surface area contributed by atoms with Crippen LogP contribution in [-0.4, -0.2) is 10.2 Å². The van der Waals surface area contributed by atoms with Gasteiger partial charge in [0.25, 0.3) is 0 Å². The lowest BCUT2D eigenvalue weighted by atomic mass is 10.1. The highest BCUT2D eigenvalue weighted by Gasteiger charge is 2.17. The number of benzene rings is 1. The molecule has 0 unspecified atom stereocenters. The Hall–Kier alpha value is -1.30. The first-order valence-corrected chi connectivity index (χ1v) is 6.58. The molecule has 17 heavy (non-hydrogen) atoms. The molecule has 0 aliphatic carbocycles. The number of H-pyrrole nitrogens is 1. The normalized spacial score (nSPS) is 11.2. The minimum atomic E-state index is 0.913. The van der Waals surface area contributed by atoms with Crippen molar-refractivity contribution in [2.75, 3.05) is 0 Å². The van der Waals surface area contributed by atoms with E-state index >= 15 is 0 Å². The van der Waals surface area contributed by atoms with Crippen molar-refractivity contribution in [1.82, 2.24) is 10.2 Å². The Morgan fingerprint density at radius 1 is 1.35 bits per heavy atom. The number of aryl methyl sites for hydroxylation is 1. The highest BCUT2D eigenvalue weighted by molar-refractivity contribution is 14.1. The summed E-state index contributed by atoms with van der Waals surface area (Å²) in [4.78, 5) is 0. The second-order valence-electron chi connectivity index (χ2n) is 3.85. The van der Waals surface area contributed by atoms with Crippen LogP contribution in [0.15, 0.2) is 34.9 Å². The summed E-state index contributed by atoms with van der Waals surface area (Å²) in [7, 11) is 0. The number of hydrogen-bond acceptors (Lipinski definition) is 2. The predicted molar refractivity (Wildman–Crippen MR) is 75.9 cm³/mol. The smallest absolute Gasteiger partial charge is 0.157 e. The molecule has 1 aromatic carbocycles. The maximum absolute atomic E-state index is 5.94. The van der Waals surface area contributed by atoms with Gasteiger partial charge in [-0.3, -0.25) is 5.10 Å². The lowest BCUT2D eigenvalue weighted by molar-refractivity contribution is 0.623. The van der Waals surface area contributed by atoms with E-state index in [0.717, 1.165) is 27.0 Å². The maximum Gasteiger partial charge on any atom is 0.157 e. The van der Waals surface area contributed by atoms with Crippen molar-refractivity contribution in [3.8, 4) is 11.5 Å². The van der Waals surface area contributed by atoms with Gasteiger partial charge in [0, 0.05) is 10.9 Å². The third kappa shape index (κ3) is 1.67. The first kappa shape index (κ1) is 10.8. The molecule has 3 nitrogen and oxygen atoms in total. The van der Waals surface area contributed by atoms with Crippen LogP contribution in [0.5, 0.6) is 0 Å². The number of furan rings is 1. The van der Waals surface area contributed by atoms with Gasteiger partial charge in [-0.2, -0.15) is 5.10 Å². The molecule has 86 valence electrons. The summed E-state index contributed by atoms with van der Waals surface area (Å²) in [6.07, 6.45) is 2.75. The van der Waals surface area contributed by atoms with E-state index in [2.05, 4.69) is 45.8 Å². The molecule has 4 heteroatoms. The molecule has 1 N–H and O–H groups in total. The molecule has 0 radical (unpaired) electrons. The average molecular weight is 338 g/mol. The van der Waals surface area contributed by atoms with E-state index < -0.39 is 0 Å². The number of aromatic amines is 1. The van der Waals surface area contributed by atoms with Gasteiger partial charge >= 0.3 is 0 Å². The van der Waals surface area contributed by atoms with Crippen molar-refractivity contribution in [3.63, 3.8) is 0 Å². The van der Waals surface area contributed by atoms with Crippen LogP contribution >= 0.6 is 22.6 Å². The number of aromatic nitrogens is 2. The summed E-state index contributed by atoms with van der Waals surface area (Å²) in [6.45, 7) is 2.14. The van der Waals surface area contributed by atoms with E-state index in [1.54, 1.807) is 0 Å². The maximum atomic E-state index is 5.94. The predicted octanol–water partition coefficient (Wildman–Crippen LogP) is 3.99. The van der Waals surface area contributed by atoms with Crippen LogP contribution in [0.25, 0.3) is 22.4 Å². The standard InChI is InChI=1S/C13H11IN2O/c1-2-8-9-5-3-4-6-11(9)17-13(8)12-10(14)7-15-16-12/h3-7H,2H2,1H3,(H,15,16). The molecule has 0 fully saturated rings. The number of halogens is 1. The van der Waals surface area contributed by atoms with Crippen molar-refractivity contribution >= 4 is 33.6 Å². The Morgan fingerprint density at radius 2 is 2.18 bits per heavy atom. The minimum absolute atomic E-state index is 0.913. The zero-order chi connectivity index (χ0) is 11.8. The fourth-order valence-corrected chi connectivity index (χ4v) is 2.59. The highest BCUT2D eigenvalue weighted by atomic mass is 127. The summed E-state index contributed by atoms with van der Waals surface area (Å²) in [5.74, 6) is 0.913. The fourth-order valence-electron chi connectivity index (χ4n) is 2.08. The van der Waals surface area contributed by atoms with Crippen molar-refractivity contribution in [2.45, 2.75) is 13.3 Å². The second kappa shape index (κ2) is 4.18. The number of rotatable bonds is 2. The van der Waals surface area contributed by atoms with E-state index in [1.807, 2.05) is 24.4 Å². The van der Waals surface area contributed by atoms with Gasteiger partial charge in [0.15, 0.2) is 5.76 Å². The molecule has 0 aliphatic rings. The van der Waals surface area contributed by atoms with Gasteiger partial charge in [0.2, 0.25) is 0 Å². The summed E-state index contributed by atoms with van der Waals surface area (Å²) < 4.78 is 7.02. The van der Waals surface area contributed by atoms with Crippen molar-refractivity contribution in [3.05, 3.63) is 39.6 Å². The Balaban J connectivity index is 2.33. The first-order chi connectivity index (χ1) is 8.31. The van der Waals surface area contributed by atoms with Crippen LogP contribution in [0, 0.1) is 3.57 Å². The largest absolute Gasteiger partial charge is 0.454 e. The van der Waals surface area contributed by atoms with Gasteiger partial charge in [-0.15, -0.1) is 0 Å². The molecule has 0 saturated carbocycles. The minimum Gasteiger partial charge on any atom is -0.454 e. The monoisotopic (exact) mass is 338 g/mol. The van der Waals surface area contributed by atoms with Crippen LogP contribution in [0.1, 0.15) is 12.5 Å². The molecule has 0 atom stereocenters. The van der Waals surface area contributed by atoms with E-state index in [-0.39, 0.29) is 0 Å². The lowest BCUT2D eigenvalue weighted by Crippen LogP contribution is -1.84. The van der Waals surface area contributed by atoms with Crippen LogP contribution in [0.4, 0.5) is 0 Å². The number of nitrogens with one attached hydrogen (secondary N) is 1. The van der Waals surface area contributed by atoms with Crippen LogP contribution in [-0.2, 0) is 6.42 Å². The van der Waals surface area contributed by atoms with Crippen LogP contribution < -0.4 is 0 Å². The molecule has 0 saturated heterocycles. The van der Waals surface area contributed by atoms with Crippen molar-refractivity contribution < 1.29 is 4.42 Å². The average Bonchev–Trinajstić information content (AvgIpc) is 2.91. The van der Waals surface area contributed by atoms with Crippen LogP contribution in [0.2, 0.25) is 0 Å². The number of fused-ring (bicyclic) bond motifs is 1. The molecular weight excluding hydrogens is 327 g/mol. The summed E-state index contributed by atoms with van der Waals surface area (Å²) in [5, 5.41) is 8.25. The van der Waals surface area contributed by atoms with Crippen molar-refractivity contribution in [2.24, 2.45) is 0 Å². The second-order valence-corrected chi connectivity index (χ2v) is 5.01. The Morgan fingerprint density at radius 3 is 2.88 bits per heavy atom. The first-order valence-electron chi connectivity index (χ1n) is 5.51. The molecular formula is C13H11IN2O. The van der Waals surface area contributed by atoms with Gasteiger partial charge in [0.1, 0.15) is 11.3 Å². The Bertz CT molecular complexity index is 669. The summed E-state index contributed by atoms with van der Waals surface area (Å²) in [5.41, 5.74) is 3.14. The SMILES string of the molecule is CCc1c(-c2[nH]ncc2I)oc2ccccc12. The molecule has 0 bridgehead atoms. The molecule has 3 aromatic rings. The highest BCUT2D eigenvalue weighted by Crippen LogP contribution is 2.34. The molecule has 2 aromatic heterocycles. The van der Waals surface area contributed by atoms with Crippen molar-refractivity contribution in [1.29, 1.82) is 0 Å². The molecule has 3 rings (SSSR count). The van der Waals surface area contributed by atoms with Crippen LogP contribution in [0.3, 0.4) is 0 Å². The summed E-state index contributed by atoms with van der Waals surface area (Å²) >= 11 is 2.26. The van der Waals surface area contributed by atoms with Gasteiger partial charge < -0.3 is 4.42 Å². The molecule has 0 spiro atoms. The number of nitrogens with zero attached hydrogens (tertiary/aromatic N) is 1. The molecule has 2 heterocycles. The third-order valence-electron chi connectivity index (χ3n) is 2.87. The number of hydrogen-bond donors (Lipinski definition) is 1. The zero-order valence-corrected chi connectivity index (χ0v) is 11.5. The van der Waals surface area contributed by atoms with E-state index in [0.29, 0.717) is 0 Å². The fraction of sp³-hybridized carbons (Fsp3) is 0.154. The lowest BCUT2D eigenvalue weighted by Gasteiger charge is -1.97. The zero-order valence-electron chi connectivity index (χ0n) is 9.33.